The molecule has 1 fully saturated rings. The smallest absolute Gasteiger partial charge is 0.255 e. The van der Waals surface area contributed by atoms with Gasteiger partial charge in [-0.25, -0.2) is 4.98 Å². The Labute approximate surface area is 177 Å². The summed E-state index contributed by atoms with van der Waals surface area (Å²) >= 11 is 0. The minimum atomic E-state index is -0.118. The predicted octanol–water partition coefficient (Wildman–Crippen LogP) is 5.02. The summed E-state index contributed by atoms with van der Waals surface area (Å²) in [5.41, 5.74) is 5.13. The van der Waals surface area contributed by atoms with Gasteiger partial charge in [0.05, 0.1) is 0 Å². The van der Waals surface area contributed by atoms with Gasteiger partial charge in [0.15, 0.2) is 0 Å². The number of carbonyl (C=O) groups excluding carboxylic acids is 1. The highest BCUT2D eigenvalue weighted by Gasteiger charge is 2.28. The van der Waals surface area contributed by atoms with E-state index in [1.807, 2.05) is 24.3 Å². The number of carbonyl (C=O) groups is 1. The lowest BCUT2D eigenvalue weighted by molar-refractivity contribution is 0.102. The number of nitrogens with one attached hydrogen (secondary N) is 1. The third kappa shape index (κ3) is 3.52. The minimum Gasteiger partial charge on any atom is -0.372 e. The van der Waals surface area contributed by atoms with Gasteiger partial charge in [0, 0.05) is 48.0 Å². The second-order valence-electron chi connectivity index (χ2n) is 8.15. The van der Waals surface area contributed by atoms with Gasteiger partial charge < -0.3 is 15.1 Å². The standard InChI is InChI=1S/C25H26N4O/c1-18-16-19-6-2-3-7-23(19)29(18)24-17-20(12-13-26-24)25(30)27-21-8-10-22(11-9-21)28-14-4-5-15-28/h2-3,6-13,17-18H,4-5,14-16H2,1H3,(H,27,30). The number of nitrogens with zero attached hydrogens (tertiary/aromatic N) is 3. The van der Waals surface area contributed by atoms with Crippen LogP contribution < -0.4 is 15.1 Å². The molecule has 5 nitrogen and oxygen atoms in total. The molecule has 3 aromatic rings. The molecule has 0 aliphatic carbocycles. The van der Waals surface area contributed by atoms with Crippen LogP contribution in [0.2, 0.25) is 0 Å². The van der Waals surface area contributed by atoms with E-state index in [0.717, 1.165) is 31.0 Å². The number of hydrogen-bond donors (Lipinski definition) is 1. The number of amides is 1. The molecule has 0 bridgehead atoms. The normalized spacial score (nSPS) is 17.8. The van der Waals surface area contributed by atoms with Crippen LogP contribution in [0, 0.1) is 0 Å². The summed E-state index contributed by atoms with van der Waals surface area (Å²) in [5, 5.41) is 3.02. The Hall–Kier alpha value is -3.34. The molecule has 1 atom stereocenters. The van der Waals surface area contributed by atoms with Crippen LogP contribution >= 0.6 is 0 Å². The number of anilines is 4. The van der Waals surface area contributed by atoms with Crippen molar-refractivity contribution in [1.82, 2.24) is 4.98 Å². The monoisotopic (exact) mass is 398 g/mol. The van der Waals surface area contributed by atoms with Gasteiger partial charge >= 0.3 is 0 Å². The fourth-order valence-electron chi connectivity index (χ4n) is 4.54. The lowest BCUT2D eigenvalue weighted by atomic mass is 10.1. The summed E-state index contributed by atoms with van der Waals surface area (Å²) < 4.78 is 0. The molecule has 1 aromatic heterocycles. The first-order valence-electron chi connectivity index (χ1n) is 10.7. The fourth-order valence-corrected chi connectivity index (χ4v) is 4.54. The number of hydrogen-bond acceptors (Lipinski definition) is 4. The van der Waals surface area contributed by atoms with Crippen molar-refractivity contribution in [3.8, 4) is 0 Å². The van der Waals surface area contributed by atoms with Crippen molar-refractivity contribution in [2.75, 3.05) is 28.2 Å². The molecule has 152 valence electrons. The van der Waals surface area contributed by atoms with Crippen molar-refractivity contribution >= 4 is 28.8 Å². The van der Waals surface area contributed by atoms with Crippen LogP contribution in [0.15, 0.2) is 66.9 Å². The molecule has 1 unspecified atom stereocenters. The fraction of sp³-hybridized carbons (Fsp3) is 0.280. The molecule has 1 amide bonds. The summed E-state index contributed by atoms with van der Waals surface area (Å²) in [6.45, 7) is 4.42. The molecule has 0 spiro atoms. The Balaban J connectivity index is 1.33. The molecule has 0 radical (unpaired) electrons. The Morgan fingerprint density at radius 2 is 1.80 bits per heavy atom. The molecule has 2 aliphatic rings. The van der Waals surface area contributed by atoms with E-state index in [2.05, 4.69) is 57.4 Å². The van der Waals surface area contributed by atoms with Crippen molar-refractivity contribution in [3.63, 3.8) is 0 Å². The molecular formula is C25H26N4O. The zero-order valence-electron chi connectivity index (χ0n) is 17.2. The molecule has 5 heteroatoms. The zero-order valence-corrected chi connectivity index (χ0v) is 17.2. The lowest BCUT2D eigenvalue weighted by Gasteiger charge is -2.24. The van der Waals surface area contributed by atoms with E-state index in [1.165, 1.54) is 29.8 Å². The van der Waals surface area contributed by atoms with E-state index in [9.17, 15) is 4.79 Å². The van der Waals surface area contributed by atoms with Crippen LogP contribution in [-0.4, -0.2) is 30.0 Å². The quantitative estimate of drug-likeness (QED) is 0.671. The van der Waals surface area contributed by atoms with Gasteiger partial charge in [0.25, 0.3) is 5.91 Å². The average molecular weight is 399 g/mol. The van der Waals surface area contributed by atoms with Crippen LogP contribution in [-0.2, 0) is 6.42 Å². The third-order valence-electron chi connectivity index (χ3n) is 6.06. The van der Waals surface area contributed by atoms with Gasteiger partial charge in [-0.2, -0.15) is 0 Å². The Bertz CT molecular complexity index is 1060. The number of aromatic nitrogens is 1. The highest BCUT2D eigenvalue weighted by Crippen LogP contribution is 2.37. The molecule has 0 saturated carbocycles. The molecular weight excluding hydrogens is 372 g/mol. The van der Waals surface area contributed by atoms with E-state index in [4.69, 9.17) is 0 Å². The summed E-state index contributed by atoms with van der Waals surface area (Å²) in [4.78, 5) is 22.0. The first-order chi connectivity index (χ1) is 14.7. The average Bonchev–Trinajstić information content (AvgIpc) is 3.41. The molecule has 2 aromatic carbocycles. The second kappa shape index (κ2) is 7.82. The first-order valence-corrected chi connectivity index (χ1v) is 10.7. The molecule has 5 rings (SSSR count). The van der Waals surface area contributed by atoms with E-state index in [1.54, 1.807) is 12.3 Å². The highest BCUT2D eigenvalue weighted by molar-refractivity contribution is 6.04. The molecule has 1 N–H and O–H groups in total. The van der Waals surface area contributed by atoms with Crippen LogP contribution in [0.1, 0.15) is 35.7 Å². The summed E-state index contributed by atoms with van der Waals surface area (Å²) in [6.07, 6.45) is 5.21. The minimum absolute atomic E-state index is 0.118. The Morgan fingerprint density at radius 1 is 1.03 bits per heavy atom. The van der Waals surface area contributed by atoms with Crippen LogP contribution in [0.25, 0.3) is 0 Å². The van der Waals surface area contributed by atoms with E-state index in [-0.39, 0.29) is 5.91 Å². The summed E-state index contributed by atoms with van der Waals surface area (Å²) in [5.74, 6) is 0.692. The number of fused-ring (bicyclic) bond motifs is 1. The zero-order chi connectivity index (χ0) is 20.5. The summed E-state index contributed by atoms with van der Waals surface area (Å²) in [7, 11) is 0. The molecule has 1 saturated heterocycles. The third-order valence-corrected chi connectivity index (χ3v) is 6.06. The van der Waals surface area contributed by atoms with Gasteiger partial charge in [0.1, 0.15) is 5.82 Å². The maximum absolute atomic E-state index is 12.9. The summed E-state index contributed by atoms with van der Waals surface area (Å²) in [6, 6.07) is 20.5. The Morgan fingerprint density at radius 3 is 2.60 bits per heavy atom. The Kier molecular flexibility index (Phi) is 4.87. The van der Waals surface area contributed by atoms with Gasteiger partial charge in [-0.3, -0.25) is 4.79 Å². The molecule has 3 heterocycles. The van der Waals surface area contributed by atoms with Gasteiger partial charge in [-0.1, -0.05) is 18.2 Å². The van der Waals surface area contributed by atoms with Crippen molar-refractivity contribution in [2.24, 2.45) is 0 Å². The number of pyridine rings is 1. The second-order valence-corrected chi connectivity index (χ2v) is 8.15. The highest BCUT2D eigenvalue weighted by atomic mass is 16.1. The number of rotatable bonds is 4. The van der Waals surface area contributed by atoms with Crippen LogP contribution in [0.3, 0.4) is 0 Å². The van der Waals surface area contributed by atoms with Crippen molar-refractivity contribution in [3.05, 3.63) is 78.0 Å². The van der Waals surface area contributed by atoms with Gasteiger partial charge in [-0.05, 0) is 74.2 Å². The first kappa shape index (κ1) is 18.7. The number of para-hydroxylation sites is 1. The topological polar surface area (TPSA) is 48.5 Å². The van der Waals surface area contributed by atoms with E-state index >= 15 is 0 Å². The maximum atomic E-state index is 12.9. The maximum Gasteiger partial charge on any atom is 0.255 e. The molecule has 30 heavy (non-hydrogen) atoms. The van der Waals surface area contributed by atoms with Gasteiger partial charge in [-0.15, -0.1) is 0 Å². The van der Waals surface area contributed by atoms with Crippen molar-refractivity contribution in [2.45, 2.75) is 32.2 Å². The predicted molar refractivity (Wildman–Crippen MR) is 122 cm³/mol. The SMILES string of the molecule is CC1Cc2ccccc2N1c1cc(C(=O)Nc2ccc(N3CCCC3)cc2)ccn1. The van der Waals surface area contributed by atoms with E-state index in [0.29, 0.717) is 11.6 Å². The number of benzene rings is 2. The molecule has 2 aliphatic heterocycles. The lowest BCUT2D eigenvalue weighted by Crippen LogP contribution is -2.25. The largest absolute Gasteiger partial charge is 0.372 e. The van der Waals surface area contributed by atoms with Gasteiger partial charge in [0.2, 0.25) is 0 Å². The van der Waals surface area contributed by atoms with Crippen molar-refractivity contribution < 1.29 is 4.79 Å². The van der Waals surface area contributed by atoms with Crippen LogP contribution in [0.5, 0.6) is 0 Å². The van der Waals surface area contributed by atoms with E-state index < -0.39 is 0 Å². The van der Waals surface area contributed by atoms with Crippen molar-refractivity contribution in [1.29, 1.82) is 0 Å². The van der Waals surface area contributed by atoms with Crippen LogP contribution in [0.4, 0.5) is 22.9 Å².